The van der Waals surface area contributed by atoms with Gasteiger partial charge in [0.05, 0.1) is 0 Å². The molecule has 0 aromatic rings. The molecule has 8 unspecified atom stereocenters. The van der Waals surface area contributed by atoms with Gasteiger partial charge in [0.15, 0.2) is 0 Å². The highest BCUT2D eigenvalue weighted by Crippen LogP contribution is 2.43. The van der Waals surface area contributed by atoms with E-state index in [0.717, 1.165) is 47.3 Å². The van der Waals surface area contributed by atoms with Crippen LogP contribution in [0, 0.1) is 47.3 Å². The largest absolute Gasteiger partial charge is 0.197 e. The fraction of sp³-hybridized carbons (Fsp3) is 0.714. The normalized spacial score (nSPS) is 34.1. The maximum Gasteiger partial charge on any atom is -0.0289 e. The standard InChI is InChI=1S/8C7H10.4H2S/c8*1-2-7-4-3-6(1)5-7;;;;/h8*1,7H,2-5H2;4*1H2. The fourth-order valence-electron chi connectivity index (χ4n) is 13.5. The zero-order chi connectivity index (χ0) is 37.5. The fourth-order valence-corrected chi connectivity index (χ4v) is 13.5. The van der Waals surface area contributed by atoms with Gasteiger partial charge in [0.2, 0.25) is 0 Å². The van der Waals surface area contributed by atoms with E-state index in [-0.39, 0.29) is 54.0 Å². The minimum absolute atomic E-state index is 0. The summed E-state index contributed by atoms with van der Waals surface area (Å²) in [6.07, 6.45) is 65.4. The summed E-state index contributed by atoms with van der Waals surface area (Å²) in [6, 6.07) is 0. The molecule has 4 heteroatoms. The smallest absolute Gasteiger partial charge is 0.0289 e. The van der Waals surface area contributed by atoms with Gasteiger partial charge in [0, 0.05) is 0 Å². The maximum atomic E-state index is 2.42. The SMILES string of the molecule is C1=C2CCC(C1)C2.C1=C2CCC(C1)C2.C1=C2CCC(C1)C2.C1=C2CCC(C1)C2.C1=C2CCC(C1)C2.C1=C2CCC(C1)C2.C1=C2CCC(C1)C2.C1=C2CCC(C1)C2.S.S.S.S. The molecule has 16 aliphatic carbocycles. The van der Waals surface area contributed by atoms with Gasteiger partial charge in [-0.05, 0) is 253 Å². The lowest BCUT2D eigenvalue weighted by atomic mass is 10.1. The molecule has 16 aliphatic rings. The summed E-state index contributed by atoms with van der Waals surface area (Å²) in [7, 11) is 0. The summed E-state index contributed by atoms with van der Waals surface area (Å²) in [5, 5.41) is 0. The molecular weight excluding hydrogens is 801 g/mol. The highest BCUT2D eigenvalue weighted by Gasteiger charge is 2.27. The van der Waals surface area contributed by atoms with Crippen molar-refractivity contribution in [2.75, 3.05) is 0 Å². The Morgan fingerprint density at radius 2 is 0.317 bits per heavy atom. The van der Waals surface area contributed by atoms with Crippen LogP contribution < -0.4 is 0 Å². The lowest BCUT2D eigenvalue weighted by Crippen LogP contribution is -1.85. The Morgan fingerprint density at radius 3 is 0.333 bits per heavy atom. The Labute approximate surface area is 397 Å². The van der Waals surface area contributed by atoms with Crippen LogP contribution in [0.25, 0.3) is 0 Å². The number of hydrogen-bond acceptors (Lipinski definition) is 0. The highest BCUT2D eigenvalue weighted by molar-refractivity contribution is 7.59. The molecule has 0 saturated heterocycles. The van der Waals surface area contributed by atoms with E-state index in [4.69, 9.17) is 0 Å². The predicted molar refractivity (Wildman–Crippen MR) is 282 cm³/mol. The summed E-state index contributed by atoms with van der Waals surface area (Å²) >= 11 is 0. The molecule has 0 spiro atoms. The average Bonchev–Trinajstić information content (AvgIpc) is 4.11. The lowest BCUT2D eigenvalue weighted by molar-refractivity contribution is 0.576. The van der Waals surface area contributed by atoms with Crippen molar-refractivity contribution < 1.29 is 0 Å². The summed E-state index contributed by atoms with van der Waals surface area (Å²) in [6.45, 7) is 0. The second-order valence-electron chi connectivity index (χ2n) is 21.7. The quantitative estimate of drug-likeness (QED) is 0.213. The molecule has 0 amide bonds. The molecule has 0 aliphatic heterocycles. The van der Waals surface area contributed by atoms with Crippen molar-refractivity contribution in [1.29, 1.82) is 0 Å². The predicted octanol–water partition coefficient (Wildman–Crippen LogP) is 17.4. The van der Waals surface area contributed by atoms with Gasteiger partial charge < -0.3 is 0 Å². The first-order valence-electron chi connectivity index (χ1n) is 25.0. The van der Waals surface area contributed by atoms with Crippen molar-refractivity contribution in [1.82, 2.24) is 0 Å². The topological polar surface area (TPSA) is 0 Å². The van der Waals surface area contributed by atoms with E-state index in [0.29, 0.717) is 0 Å². The monoisotopic (exact) mass is 889 g/mol. The molecule has 0 radical (unpaired) electrons. The van der Waals surface area contributed by atoms with Gasteiger partial charge in [0.25, 0.3) is 0 Å². The Balaban J connectivity index is 0.000000129. The molecule has 16 rings (SSSR count). The molecule has 60 heavy (non-hydrogen) atoms. The van der Waals surface area contributed by atoms with E-state index in [1.54, 1.807) is 44.6 Å². The van der Waals surface area contributed by atoms with Crippen LogP contribution in [0.5, 0.6) is 0 Å². The first-order valence-corrected chi connectivity index (χ1v) is 25.0. The number of fused-ring (bicyclic) bond motifs is 16. The minimum atomic E-state index is 0. The lowest BCUT2D eigenvalue weighted by Gasteiger charge is -1.98. The summed E-state index contributed by atoms with van der Waals surface area (Å²) < 4.78 is 0. The molecule has 16 bridgehead atoms. The Bertz CT molecular complexity index is 1270. The molecule has 8 fully saturated rings. The summed E-state index contributed by atoms with van der Waals surface area (Å²) in [4.78, 5) is 0. The molecule has 0 aromatic heterocycles. The van der Waals surface area contributed by atoms with E-state index in [1.165, 1.54) is 205 Å². The van der Waals surface area contributed by atoms with Crippen LogP contribution in [0.2, 0.25) is 0 Å². The van der Waals surface area contributed by atoms with Crippen molar-refractivity contribution in [3.05, 3.63) is 93.2 Å². The average molecular weight is 890 g/mol. The first-order chi connectivity index (χ1) is 27.6. The van der Waals surface area contributed by atoms with Crippen molar-refractivity contribution >= 4 is 54.0 Å². The van der Waals surface area contributed by atoms with Crippen molar-refractivity contribution in [3.63, 3.8) is 0 Å². The third-order valence-electron chi connectivity index (χ3n) is 17.3. The van der Waals surface area contributed by atoms with Crippen LogP contribution in [0.4, 0.5) is 0 Å². The van der Waals surface area contributed by atoms with E-state index < -0.39 is 0 Å². The second kappa shape index (κ2) is 25.1. The highest BCUT2D eigenvalue weighted by atomic mass is 32.1. The van der Waals surface area contributed by atoms with Gasteiger partial charge in [-0.2, -0.15) is 54.0 Å². The molecule has 0 aromatic carbocycles. The first kappa shape index (κ1) is 50.3. The van der Waals surface area contributed by atoms with E-state index in [2.05, 4.69) is 48.6 Å². The molecule has 8 saturated carbocycles. The Kier molecular flexibility index (Phi) is 21.1. The van der Waals surface area contributed by atoms with Crippen molar-refractivity contribution in [3.8, 4) is 0 Å². The zero-order valence-corrected chi connectivity index (χ0v) is 41.9. The summed E-state index contributed by atoms with van der Waals surface area (Å²) in [5.74, 6) is 8.63. The van der Waals surface area contributed by atoms with E-state index in [1.807, 2.05) is 0 Å². The Hall–Kier alpha value is -0.680. The third-order valence-corrected chi connectivity index (χ3v) is 17.3. The molecule has 0 heterocycles. The van der Waals surface area contributed by atoms with Crippen LogP contribution in [0.1, 0.15) is 205 Å². The van der Waals surface area contributed by atoms with Crippen molar-refractivity contribution in [2.24, 2.45) is 47.3 Å². The molecule has 0 nitrogen and oxygen atoms in total. The zero-order valence-electron chi connectivity index (χ0n) is 37.9. The van der Waals surface area contributed by atoms with Crippen LogP contribution in [0.15, 0.2) is 93.2 Å². The van der Waals surface area contributed by atoms with Gasteiger partial charge >= 0.3 is 0 Å². The number of hydrogen-bond donors (Lipinski definition) is 0. The van der Waals surface area contributed by atoms with E-state index >= 15 is 0 Å². The molecule has 8 atom stereocenters. The summed E-state index contributed by atoms with van der Waals surface area (Å²) in [5.41, 5.74) is 13.9. The van der Waals surface area contributed by atoms with Crippen LogP contribution in [-0.2, 0) is 0 Å². The molecular formula is C56H88S4. The van der Waals surface area contributed by atoms with Gasteiger partial charge in [-0.1, -0.05) is 93.2 Å². The van der Waals surface area contributed by atoms with Gasteiger partial charge in [0.1, 0.15) is 0 Å². The van der Waals surface area contributed by atoms with Crippen LogP contribution >= 0.6 is 54.0 Å². The third kappa shape index (κ3) is 14.7. The van der Waals surface area contributed by atoms with Crippen molar-refractivity contribution in [2.45, 2.75) is 205 Å². The molecule has 0 N–H and O–H groups in total. The van der Waals surface area contributed by atoms with Crippen LogP contribution in [-0.4, -0.2) is 0 Å². The van der Waals surface area contributed by atoms with Gasteiger partial charge in [-0.3, -0.25) is 0 Å². The molecule has 336 valence electrons. The number of rotatable bonds is 0. The number of allylic oxidation sites excluding steroid dienone is 16. The minimum Gasteiger partial charge on any atom is -0.197 e. The Morgan fingerprint density at radius 1 is 0.200 bits per heavy atom. The maximum absolute atomic E-state index is 2.42. The van der Waals surface area contributed by atoms with Gasteiger partial charge in [-0.15, -0.1) is 0 Å². The van der Waals surface area contributed by atoms with Gasteiger partial charge in [-0.25, -0.2) is 0 Å². The second-order valence-corrected chi connectivity index (χ2v) is 21.7. The van der Waals surface area contributed by atoms with E-state index in [9.17, 15) is 0 Å². The van der Waals surface area contributed by atoms with Crippen LogP contribution in [0.3, 0.4) is 0 Å².